The molecule has 0 bridgehead atoms. The smallest absolute Gasteiger partial charge is 0.257 e. The van der Waals surface area contributed by atoms with Crippen molar-refractivity contribution in [2.24, 2.45) is 0 Å². The summed E-state index contributed by atoms with van der Waals surface area (Å²) in [7, 11) is 0. The summed E-state index contributed by atoms with van der Waals surface area (Å²) in [6.07, 6.45) is 2.81. The van der Waals surface area contributed by atoms with Crippen molar-refractivity contribution in [2.45, 2.75) is 13.8 Å². The number of anilines is 2. The zero-order valence-electron chi connectivity index (χ0n) is 15.5. The first kappa shape index (κ1) is 18.8. The maximum atomic E-state index is 12.5. The number of pyridine rings is 1. The standard InChI is InChI=1S/C22H18N4O2/c1-14-7-15(2)9-20(8-14)26-22(28)18-10-17(12-24-13-18)21(27)25-19-5-3-16(11-23)4-6-19/h3-10,12-13H,1-2H3,(H,25,27)(H,26,28). The van der Waals surface area contributed by atoms with Gasteiger partial charge in [0.25, 0.3) is 11.8 Å². The van der Waals surface area contributed by atoms with Crippen molar-refractivity contribution in [3.63, 3.8) is 0 Å². The Hall–Kier alpha value is -3.98. The minimum atomic E-state index is -0.391. The molecule has 0 unspecified atom stereocenters. The first-order valence-electron chi connectivity index (χ1n) is 8.61. The Labute approximate surface area is 162 Å². The van der Waals surface area contributed by atoms with Gasteiger partial charge in [-0.15, -0.1) is 0 Å². The van der Waals surface area contributed by atoms with Crippen LogP contribution in [0.25, 0.3) is 0 Å². The van der Waals surface area contributed by atoms with E-state index in [1.807, 2.05) is 38.1 Å². The molecule has 1 aromatic heterocycles. The Morgan fingerprint density at radius 1 is 0.821 bits per heavy atom. The van der Waals surface area contributed by atoms with E-state index in [1.54, 1.807) is 24.3 Å². The van der Waals surface area contributed by atoms with Crippen LogP contribution in [-0.4, -0.2) is 16.8 Å². The van der Waals surface area contributed by atoms with Crippen molar-refractivity contribution in [1.82, 2.24) is 4.98 Å². The number of nitriles is 1. The quantitative estimate of drug-likeness (QED) is 0.723. The van der Waals surface area contributed by atoms with Crippen molar-refractivity contribution in [2.75, 3.05) is 10.6 Å². The van der Waals surface area contributed by atoms with Gasteiger partial charge in [0.1, 0.15) is 0 Å². The van der Waals surface area contributed by atoms with Gasteiger partial charge in [-0.05, 0) is 67.4 Å². The fourth-order valence-electron chi connectivity index (χ4n) is 2.77. The fraction of sp³-hybridized carbons (Fsp3) is 0.0909. The highest BCUT2D eigenvalue weighted by atomic mass is 16.2. The van der Waals surface area contributed by atoms with Gasteiger partial charge in [-0.1, -0.05) is 6.07 Å². The van der Waals surface area contributed by atoms with Gasteiger partial charge in [-0.2, -0.15) is 5.26 Å². The molecule has 0 saturated heterocycles. The molecule has 6 nitrogen and oxygen atoms in total. The molecule has 138 valence electrons. The number of nitrogens with one attached hydrogen (secondary N) is 2. The molecule has 0 radical (unpaired) electrons. The van der Waals surface area contributed by atoms with E-state index in [2.05, 4.69) is 15.6 Å². The van der Waals surface area contributed by atoms with Crippen LogP contribution in [0.15, 0.2) is 60.9 Å². The van der Waals surface area contributed by atoms with Crippen LogP contribution in [0, 0.1) is 25.2 Å². The molecule has 2 aromatic carbocycles. The van der Waals surface area contributed by atoms with Crippen LogP contribution >= 0.6 is 0 Å². The van der Waals surface area contributed by atoms with Gasteiger partial charge in [0, 0.05) is 23.8 Å². The Kier molecular flexibility index (Phi) is 5.47. The summed E-state index contributed by atoms with van der Waals surface area (Å²) in [4.78, 5) is 29.0. The third kappa shape index (κ3) is 4.59. The van der Waals surface area contributed by atoms with E-state index in [0.717, 1.165) is 11.1 Å². The number of rotatable bonds is 4. The molecule has 0 fully saturated rings. The molecule has 3 rings (SSSR count). The number of carbonyl (C=O) groups is 2. The predicted octanol–water partition coefficient (Wildman–Crippen LogP) is 4.07. The molecular weight excluding hydrogens is 352 g/mol. The van der Waals surface area contributed by atoms with Crippen LogP contribution in [-0.2, 0) is 0 Å². The minimum Gasteiger partial charge on any atom is -0.322 e. The summed E-state index contributed by atoms with van der Waals surface area (Å²) < 4.78 is 0. The van der Waals surface area contributed by atoms with E-state index in [-0.39, 0.29) is 17.0 Å². The van der Waals surface area contributed by atoms with Gasteiger partial charge in [0.15, 0.2) is 0 Å². The molecule has 0 atom stereocenters. The number of hydrogen-bond donors (Lipinski definition) is 2. The van der Waals surface area contributed by atoms with Crippen LogP contribution in [0.4, 0.5) is 11.4 Å². The van der Waals surface area contributed by atoms with E-state index in [9.17, 15) is 9.59 Å². The van der Waals surface area contributed by atoms with E-state index >= 15 is 0 Å². The van der Waals surface area contributed by atoms with Crippen molar-refractivity contribution in [3.8, 4) is 6.07 Å². The summed E-state index contributed by atoms with van der Waals surface area (Å²) in [5, 5.41) is 14.4. The van der Waals surface area contributed by atoms with Crippen molar-refractivity contribution in [3.05, 3.63) is 88.7 Å². The van der Waals surface area contributed by atoms with Crippen LogP contribution in [0.3, 0.4) is 0 Å². The topological polar surface area (TPSA) is 94.9 Å². The Balaban J connectivity index is 1.74. The van der Waals surface area contributed by atoms with Gasteiger partial charge in [0.2, 0.25) is 0 Å². The second-order valence-corrected chi connectivity index (χ2v) is 6.44. The molecule has 2 N–H and O–H groups in total. The lowest BCUT2D eigenvalue weighted by molar-refractivity contribution is 0.102. The molecule has 0 aliphatic carbocycles. The third-order valence-electron chi connectivity index (χ3n) is 4.01. The summed E-state index contributed by atoms with van der Waals surface area (Å²) >= 11 is 0. The molecule has 3 aromatic rings. The third-order valence-corrected chi connectivity index (χ3v) is 4.01. The molecule has 6 heteroatoms. The molecule has 2 amide bonds. The van der Waals surface area contributed by atoms with E-state index in [1.165, 1.54) is 18.5 Å². The molecule has 0 aliphatic heterocycles. The van der Waals surface area contributed by atoms with E-state index in [4.69, 9.17) is 5.26 Å². The van der Waals surface area contributed by atoms with Crippen molar-refractivity contribution >= 4 is 23.2 Å². The molecule has 1 heterocycles. The molecule has 28 heavy (non-hydrogen) atoms. The average Bonchev–Trinajstić information content (AvgIpc) is 2.68. The van der Waals surface area contributed by atoms with Gasteiger partial charge in [-0.25, -0.2) is 0 Å². The Morgan fingerprint density at radius 3 is 1.89 bits per heavy atom. The zero-order valence-corrected chi connectivity index (χ0v) is 15.5. The van der Waals surface area contributed by atoms with Gasteiger partial charge >= 0.3 is 0 Å². The lowest BCUT2D eigenvalue weighted by Crippen LogP contribution is -2.16. The number of amides is 2. The van der Waals surface area contributed by atoms with Gasteiger partial charge in [0.05, 0.1) is 22.8 Å². The van der Waals surface area contributed by atoms with Crippen LogP contribution in [0.5, 0.6) is 0 Å². The number of hydrogen-bond acceptors (Lipinski definition) is 4. The first-order chi connectivity index (χ1) is 13.4. The summed E-state index contributed by atoms with van der Waals surface area (Å²) in [5.41, 5.74) is 4.38. The Morgan fingerprint density at radius 2 is 1.36 bits per heavy atom. The predicted molar refractivity (Wildman–Crippen MR) is 107 cm³/mol. The van der Waals surface area contributed by atoms with Gasteiger partial charge in [-0.3, -0.25) is 14.6 Å². The Bertz CT molecular complexity index is 1060. The molecular formula is C22H18N4O2. The number of nitrogens with zero attached hydrogens (tertiary/aromatic N) is 2. The molecule has 0 spiro atoms. The van der Waals surface area contributed by atoms with Crippen LogP contribution < -0.4 is 10.6 Å². The summed E-state index contributed by atoms with van der Waals surface area (Å²) in [6.45, 7) is 3.91. The van der Waals surface area contributed by atoms with E-state index in [0.29, 0.717) is 16.9 Å². The molecule has 0 saturated carbocycles. The monoisotopic (exact) mass is 370 g/mol. The van der Waals surface area contributed by atoms with Crippen LogP contribution in [0.1, 0.15) is 37.4 Å². The lowest BCUT2D eigenvalue weighted by atomic mass is 10.1. The zero-order chi connectivity index (χ0) is 20.1. The lowest BCUT2D eigenvalue weighted by Gasteiger charge is -2.09. The summed E-state index contributed by atoms with van der Waals surface area (Å²) in [6, 6.07) is 15.8. The summed E-state index contributed by atoms with van der Waals surface area (Å²) in [5.74, 6) is -0.733. The highest BCUT2D eigenvalue weighted by Gasteiger charge is 2.12. The number of aryl methyl sites for hydroxylation is 2. The average molecular weight is 370 g/mol. The largest absolute Gasteiger partial charge is 0.322 e. The normalized spacial score (nSPS) is 10.0. The maximum Gasteiger partial charge on any atom is 0.257 e. The van der Waals surface area contributed by atoms with Crippen molar-refractivity contribution < 1.29 is 9.59 Å². The van der Waals surface area contributed by atoms with Gasteiger partial charge < -0.3 is 10.6 Å². The molecule has 0 aliphatic rings. The van der Waals surface area contributed by atoms with Crippen LogP contribution in [0.2, 0.25) is 0 Å². The fourth-order valence-corrected chi connectivity index (χ4v) is 2.77. The minimum absolute atomic E-state index is 0.262. The highest BCUT2D eigenvalue weighted by molar-refractivity contribution is 6.08. The highest BCUT2D eigenvalue weighted by Crippen LogP contribution is 2.16. The van der Waals surface area contributed by atoms with E-state index < -0.39 is 5.91 Å². The first-order valence-corrected chi connectivity index (χ1v) is 8.61. The second-order valence-electron chi connectivity index (χ2n) is 6.44. The number of aromatic nitrogens is 1. The maximum absolute atomic E-state index is 12.5. The SMILES string of the molecule is Cc1cc(C)cc(NC(=O)c2cncc(C(=O)Nc3ccc(C#N)cc3)c2)c1. The number of carbonyl (C=O) groups excluding carboxylic acids is 2. The van der Waals surface area contributed by atoms with Crippen molar-refractivity contribution in [1.29, 1.82) is 5.26 Å². The number of benzene rings is 2. The second kappa shape index (κ2) is 8.14.